The fraction of sp³-hybridized carbons (Fsp3) is 0.143. The fourth-order valence-corrected chi connectivity index (χ4v) is 3.29. The molecule has 9 nitrogen and oxygen atoms in total. The maximum atomic E-state index is 12.2. The van der Waals surface area contributed by atoms with E-state index in [9.17, 15) is 19.2 Å². The number of amides is 3. The normalized spacial score (nSPS) is 10.2. The molecule has 2 heterocycles. The number of carbonyl (C=O) groups excluding carboxylic acids is 4. The third-order valence-electron chi connectivity index (χ3n) is 3.87. The van der Waals surface area contributed by atoms with E-state index in [0.717, 1.165) is 11.3 Å². The van der Waals surface area contributed by atoms with Gasteiger partial charge in [-0.05, 0) is 49.4 Å². The first-order valence-corrected chi connectivity index (χ1v) is 10.1. The van der Waals surface area contributed by atoms with Crippen LogP contribution in [0.15, 0.2) is 59.2 Å². The first-order chi connectivity index (χ1) is 15.0. The Kier molecular flexibility index (Phi) is 7.17. The van der Waals surface area contributed by atoms with Crippen molar-refractivity contribution in [2.45, 2.75) is 6.92 Å². The van der Waals surface area contributed by atoms with Crippen LogP contribution < -0.4 is 16.0 Å². The highest BCUT2D eigenvalue weighted by Gasteiger charge is 2.16. The van der Waals surface area contributed by atoms with Crippen molar-refractivity contribution in [3.63, 3.8) is 0 Å². The molecule has 1 aromatic carbocycles. The minimum absolute atomic E-state index is 0.144. The van der Waals surface area contributed by atoms with Gasteiger partial charge in [0.05, 0.1) is 11.3 Å². The smallest absolute Gasteiger partial charge is 0.348 e. The summed E-state index contributed by atoms with van der Waals surface area (Å²) in [5.74, 6) is -1.80. The van der Waals surface area contributed by atoms with Gasteiger partial charge >= 0.3 is 5.97 Å². The highest BCUT2D eigenvalue weighted by molar-refractivity contribution is 7.18. The Morgan fingerprint density at radius 1 is 1.00 bits per heavy atom. The van der Waals surface area contributed by atoms with E-state index < -0.39 is 24.4 Å². The second kappa shape index (κ2) is 10.2. The van der Waals surface area contributed by atoms with Crippen LogP contribution >= 0.6 is 11.3 Å². The SMILES string of the molecule is CCNC(=O)c1cccc(NC(=O)COC(=O)c2ccc(NC(=O)c3ccco3)s2)c1. The molecule has 0 spiro atoms. The standard InChI is InChI=1S/C21H19N3O6S/c1-2-22-19(26)13-5-3-6-14(11-13)23-17(25)12-30-21(28)16-8-9-18(31-16)24-20(27)15-7-4-10-29-15/h3-11H,2,12H2,1H3,(H,22,26)(H,23,25)(H,24,27). The Hall–Kier alpha value is -3.92. The van der Waals surface area contributed by atoms with Crippen molar-refractivity contribution in [1.82, 2.24) is 5.32 Å². The van der Waals surface area contributed by atoms with Crippen LogP contribution in [0.1, 0.15) is 37.5 Å². The van der Waals surface area contributed by atoms with E-state index in [1.54, 1.807) is 37.3 Å². The van der Waals surface area contributed by atoms with E-state index in [2.05, 4.69) is 16.0 Å². The van der Waals surface area contributed by atoms with E-state index in [4.69, 9.17) is 9.15 Å². The average Bonchev–Trinajstić information content (AvgIpc) is 3.45. The number of anilines is 2. The summed E-state index contributed by atoms with van der Waals surface area (Å²) in [5, 5.41) is 8.28. The van der Waals surface area contributed by atoms with Crippen molar-refractivity contribution in [2.24, 2.45) is 0 Å². The van der Waals surface area contributed by atoms with Gasteiger partial charge in [-0.2, -0.15) is 0 Å². The van der Waals surface area contributed by atoms with Crippen LogP contribution in [0.2, 0.25) is 0 Å². The Morgan fingerprint density at radius 3 is 2.58 bits per heavy atom. The minimum Gasteiger partial charge on any atom is -0.459 e. The van der Waals surface area contributed by atoms with Crippen LogP contribution in [-0.4, -0.2) is 36.8 Å². The summed E-state index contributed by atoms with van der Waals surface area (Å²) in [5.41, 5.74) is 0.809. The minimum atomic E-state index is -0.699. The van der Waals surface area contributed by atoms with Gasteiger partial charge < -0.3 is 25.1 Å². The zero-order valence-corrected chi connectivity index (χ0v) is 17.3. The molecule has 0 bridgehead atoms. The monoisotopic (exact) mass is 441 g/mol. The first-order valence-electron chi connectivity index (χ1n) is 9.26. The number of carbonyl (C=O) groups is 4. The van der Waals surface area contributed by atoms with Gasteiger partial charge in [-0.15, -0.1) is 11.3 Å². The van der Waals surface area contributed by atoms with Crippen molar-refractivity contribution in [3.05, 3.63) is 71.0 Å². The number of esters is 1. The number of nitrogens with one attached hydrogen (secondary N) is 3. The van der Waals surface area contributed by atoms with Crippen LogP contribution in [0.25, 0.3) is 0 Å². The number of furan rings is 1. The molecule has 3 aromatic rings. The summed E-state index contributed by atoms with van der Waals surface area (Å²) in [6.07, 6.45) is 1.38. The summed E-state index contributed by atoms with van der Waals surface area (Å²) in [4.78, 5) is 48.3. The summed E-state index contributed by atoms with van der Waals surface area (Å²) in [6.45, 7) is 1.79. The molecular weight excluding hydrogens is 422 g/mol. The van der Waals surface area contributed by atoms with E-state index in [1.807, 2.05) is 0 Å². The predicted molar refractivity (Wildman–Crippen MR) is 114 cm³/mol. The molecule has 0 saturated carbocycles. The Bertz CT molecular complexity index is 1090. The van der Waals surface area contributed by atoms with Gasteiger partial charge in [0, 0.05) is 17.8 Å². The lowest BCUT2D eigenvalue weighted by Gasteiger charge is -2.08. The third-order valence-corrected chi connectivity index (χ3v) is 4.85. The molecule has 3 amide bonds. The van der Waals surface area contributed by atoms with Crippen molar-refractivity contribution in [2.75, 3.05) is 23.8 Å². The molecule has 2 aromatic heterocycles. The molecule has 0 aliphatic carbocycles. The van der Waals surface area contributed by atoms with Crippen molar-refractivity contribution in [1.29, 1.82) is 0 Å². The third kappa shape index (κ3) is 6.03. The second-order valence-electron chi connectivity index (χ2n) is 6.16. The van der Waals surface area contributed by atoms with E-state index in [1.165, 1.54) is 24.5 Å². The van der Waals surface area contributed by atoms with Crippen molar-refractivity contribution < 1.29 is 28.3 Å². The maximum absolute atomic E-state index is 12.2. The zero-order chi connectivity index (χ0) is 22.2. The highest BCUT2D eigenvalue weighted by Crippen LogP contribution is 2.23. The van der Waals surface area contributed by atoms with Crippen LogP contribution in [0.4, 0.5) is 10.7 Å². The molecular formula is C21H19N3O6S. The number of rotatable bonds is 8. The van der Waals surface area contributed by atoms with Crippen LogP contribution in [-0.2, 0) is 9.53 Å². The largest absolute Gasteiger partial charge is 0.459 e. The van der Waals surface area contributed by atoms with Crippen molar-refractivity contribution >= 4 is 45.7 Å². The van der Waals surface area contributed by atoms with Crippen LogP contribution in [0, 0.1) is 0 Å². The molecule has 0 fully saturated rings. The molecule has 3 rings (SSSR count). The predicted octanol–water partition coefficient (Wildman–Crippen LogP) is 3.14. The lowest BCUT2D eigenvalue weighted by Crippen LogP contribution is -2.23. The van der Waals surface area contributed by atoms with Gasteiger partial charge in [-0.1, -0.05) is 6.07 Å². The van der Waals surface area contributed by atoms with Crippen molar-refractivity contribution in [3.8, 4) is 0 Å². The number of thiophene rings is 1. The average molecular weight is 441 g/mol. The molecule has 0 aliphatic rings. The molecule has 10 heteroatoms. The summed E-state index contributed by atoms with van der Waals surface area (Å²) in [7, 11) is 0. The number of ether oxygens (including phenoxy) is 1. The topological polar surface area (TPSA) is 127 Å². The van der Waals surface area contributed by atoms with Gasteiger partial charge in [0.2, 0.25) is 0 Å². The van der Waals surface area contributed by atoms with Gasteiger partial charge in [-0.25, -0.2) is 4.79 Å². The summed E-state index contributed by atoms with van der Waals surface area (Å²) < 4.78 is 10.0. The quantitative estimate of drug-likeness (QED) is 0.461. The molecule has 160 valence electrons. The first kappa shape index (κ1) is 21.8. The van der Waals surface area contributed by atoms with Gasteiger partial charge in [0.15, 0.2) is 12.4 Å². The van der Waals surface area contributed by atoms with Gasteiger partial charge in [0.25, 0.3) is 17.7 Å². The molecule has 0 unspecified atom stereocenters. The fourth-order valence-electron chi connectivity index (χ4n) is 2.50. The zero-order valence-electron chi connectivity index (χ0n) is 16.5. The second-order valence-corrected chi connectivity index (χ2v) is 7.24. The highest BCUT2D eigenvalue weighted by atomic mass is 32.1. The van der Waals surface area contributed by atoms with E-state index in [-0.39, 0.29) is 16.5 Å². The van der Waals surface area contributed by atoms with E-state index in [0.29, 0.717) is 22.8 Å². The number of hydrogen-bond donors (Lipinski definition) is 3. The lowest BCUT2D eigenvalue weighted by atomic mass is 10.2. The molecule has 0 radical (unpaired) electrons. The van der Waals surface area contributed by atoms with Gasteiger partial charge in [-0.3, -0.25) is 14.4 Å². The maximum Gasteiger partial charge on any atom is 0.348 e. The number of hydrogen-bond acceptors (Lipinski definition) is 7. The Balaban J connectivity index is 1.50. The molecule has 0 aliphatic heterocycles. The van der Waals surface area contributed by atoms with Crippen LogP contribution in [0.5, 0.6) is 0 Å². The molecule has 0 saturated heterocycles. The number of benzene rings is 1. The van der Waals surface area contributed by atoms with Crippen LogP contribution in [0.3, 0.4) is 0 Å². The Labute approximate surface area is 181 Å². The molecule has 3 N–H and O–H groups in total. The Morgan fingerprint density at radius 2 is 1.84 bits per heavy atom. The lowest BCUT2D eigenvalue weighted by molar-refractivity contribution is -0.119. The molecule has 31 heavy (non-hydrogen) atoms. The van der Waals surface area contributed by atoms with E-state index >= 15 is 0 Å². The summed E-state index contributed by atoms with van der Waals surface area (Å²) >= 11 is 1.01. The molecule has 0 atom stereocenters. The van der Waals surface area contributed by atoms with Gasteiger partial charge in [0.1, 0.15) is 4.88 Å². The summed E-state index contributed by atoms with van der Waals surface area (Å²) in [6, 6.07) is 12.5.